The van der Waals surface area contributed by atoms with Gasteiger partial charge in [0.05, 0.1) is 16.8 Å². The van der Waals surface area contributed by atoms with Crippen molar-refractivity contribution in [3.8, 4) is 5.75 Å². The maximum atomic E-state index is 13.8. The number of pyridine rings is 1. The Bertz CT molecular complexity index is 1110. The molecule has 0 radical (unpaired) electrons. The van der Waals surface area contributed by atoms with E-state index in [0.29, 0.717) is 17.0 Å². The first-order valence-corrected chi connectivity index (χ1v) is 8.76. The van der Waals surface area contributed by atoms with Crippen LogP contribution in [0.1, 0.15) is 35.5 Å². The number of aromatic nitrogens is 2. The van der Waals surface area contributed by atoms with Crippen LogP contribution >= 0.6 is 0 Å². The quantitative estimate of drug-likeness (QED) is 0.662. The molecule has 0 atom stereocenters. The standard InChI is InChI=1S/C20H20F2N4O3/c1-11-17(18(27)24-20(2,3)19(23)28)16-9-14(6-7-26(16)25-11)29-10-12-4-5-13(21)8-15(12)22/h4-9H,10H2,1-3H3,(H2,23,28)(H,24,27). The number of rotatable bonds is 6. The van der Waals surface area contributed by atoms with E-state index in [1.807, 2.05) is 0 Å². The highest BCUT2D eigenvalue weighted by Crippen LogP contribution is 2.22. The highest BCUT2D eigenvalue weighted by Gasteiger charge is 2.29. The third-order valence-corrected chi connectivity index (χ3v) is 4.46. The fraction of sp³-hybridized carbons (Fsp3) is 0.250. The van der Waals surface area contributed by atoms with Gasteiger partial charge in [-0.3, -0.25) is 9.59 Å². The number of fused-ring (bicyclic) bond motifs is 1. The number of carbonyl (C=O) groups excluding carboxylic acids is 2. The highest BCUT2D eigenvalue weighted by molar-refractivity contribution is 6.04. The fourth-order valence-electron chi connectivity index (χ4n) is 2.72. The Labute approximate surface area is 165 Å². The van der Waals surface area contributed by atoms with E-state index >= 15 is 0 Å². The van der Waals surface area contributed by atoms with Crippen LogP contribution in [0.25, 0.3) is 5.52 Å². The number of amides is 2. The lowest BCUT2D eigenvalue weighted by Gasteiger charge is -2.22. The van der Waals surface area contributed by atoms with Gasteiger partial charge in [-0.25, -0.2) is 13.3 Å². The van der Waals surface area contributed by atoms with Crippen LogP contribution in [0.5, 0.6) is 5.75 Å². The van der Waals surface area contributed by atoms with Crippen molar-refractivity contribution in [3.05, 3.63) is 65.0 Å². The summed E-state index contributed by atoms with van der Waals surface area (Å²) in [7, 11) is 0. The van der Waals surface area contributed by atoms with Crippen molar-refractivity contribution in [2.75, 3.05) is 0 Å². The fourth-order valence-corrected chi connectivity index (χ4v) is 2.72. The molecule has 0 unspecified atom stereocenters. The van der Waals surface area contributed by atoms with E-state index in [1.165, 1.54) is 24.4 Å². The SMILES string of the molecule is Cc1nn2ccc(OCc3ccc(F)cc3F)cc2c1C(=O)NC(C)(C)C(N)=O. The molecule has 0 saturated heterocycles. The van der Waals surface area contributed by atoms with Gasteiger partial charge in [0, 0.05) is 23.9 Å². The molecule has 0 bridgehead atoms. The number of benzene rings is 1. The first-order chi connectivity index (χ1) is 13.6. The van der Waals surface area contributed by atoms with Gasteiger partial charge in [0.2, 0.25) is 5.91 Å². The van der Waals surface area contributed by atoms with E-state index in [2.05, 4.69) is 10.4 Å². The summed E-state index contributed by atoms with van der Waals surface area (Å²) >= 11 is 0. The van der Waals surface area contributed by atoms with E-state index in [0.717, 1.165) is 12.1 Å². The van der Waals surface area contributed by atoms with Crippen LogP contribution in [-0.2, 0) is 11.4 Å². The van der Waals surface area contributed by atoms with Gasteiger partial charge in [-0.1, -0.05) is 0 Å². The van der Waals surface area contributed by atoms with Gasteiger partial charge < -0.3 is 15.8 Å². The summed E-state index contributed by atoms with van der Waals surface area (Å²) in [4.78, 5) is 24.2. The number of primary amides is 1. The summed E-state index contributed by atoms with van der Waals surface area (Å²) in [5.41, 5.74) is 5.41. The zero-order valence-corrected chi connectivity index (χ0v) is 16.1. The second kappa shape index (κ2) is 7.50. The molecule has 29 heavy (non-hydrogen) atoms. The summed E-state index contributed by atoms with van der Waals surface area (Å²) in [5, 5.41) is 6.86. The number of hydrogen-bond acceptors (Lipinski definition) is 4. The van der Waals surface area contributed by atoms with Crippen LogP contribution in [-0.4, -0.2) is 27.0 Å². The van der Waals surface area contributed by atoms with E-state index in [1.54, 1.807) is 25.3 Å². The Morgan fingerprint density at radius 1 is 1.24 bits per heavy atom. The number of nitrogens with one attached hydrogen (secondary N) is 1. The Hall–Kier alpha value is -3.49. The molecule has 0 fully saturated rings. The third kappa shape index (κ3) is 4.18. The minimum Gasteiger partial charge on any atom is -0.489 e. The Balaban J connectivity index is 1.88. The van der Waals surface area contributed by atoms with Crippen LogP contribution in [0.2, 0.25) is 0 Å². The molecule has 3 rings (SSSR count). The largest absolute Gasteiger partial charge is 0.489 e. The normalized spacial score (nSPS) is 11.5. The summed E-state index contributed by atoms with van der Waals surface area (Å²) in [6.07, 6.45) is 1.59. The second-order valence-electron chi connectivity index (χ2n) is 7.12. The van der Waals surface area contributed by atoms with E-state index < -0.39 is 29.0 Å². The highest BCUT2D eigenvalue weighted by atomic mass is 19.1. The molecule has 9 heteroatoms. The van der Waals surface area contributed by atoms with E-state index in [-0.39, 0.29) is 17.7 Å². The Morgan fingerprint density at radius 2 is 1.97 bits per heavy atom. The molecule has 0 spiro atoms. The summed E-state index contributed by atoms with van der Waals surface area (Å²) in [6, 6.07) is 6.42. The van der Waals surface area contributed by atoms with Crippen LogP contribution in [0, 0.1) is 18.6 Å². The monoisotopic (exact) mass is 402 g/mol. The number of hydrogen-bond donors (Lipinski definition) is 2. The molecule has 7 nitrogen and oxygen atoms in total. The maximum Gasteiger partial charge on any atom is 0.256 e. The lowest BCUT2D eigenvalue weighted by molar-refractivity contribution is -0.122. The molecule has 3 N–H and O–H groups in total. The van der Waals surface area contributed by atoms with Crippen LogP contribution in [0.4, 0.5) is 8.78 Å². The van der Waals surface area contributed by atoms with Gasteiger partial charge in [-0.05, 0) is 39.0 Å². The number of carbonyl (C=O) groups is 2. The van der Waals surface area contributed by atoms with Crippen molar-refractivity contribution >= 4 is 17.3 Å². The van der Waals surface area contributed by atoms with Gasteiger partial charge in [-0.2, -0.15) is 5.10 Å². The molecule has 0 saturated carbocycles. The molecule has 0 aliphatic rings. The molecule has 0 aliphatic heterocycles. The zero-order valence-electron chi connectivity index (χ0n) is 16.1. The predicted molar refractivity (Wildman–Crippen MR) is 101 cm³/mol. The lowest BCUT2D eigenvalue weighted by atomic mass is 10.0. The first-order valence-electron chi connectivity index (χ1n) is 8.76. The van der Waals surface area contributed by atoms with E-state index in [9.17, 15) is 18.4 Å². The minimum atomic E-state index is -1.24. The lowest BCUT2D eigenvalue weighted by Crippen LogP contribution is -2.53. The van der Waals surface area contributed by atoms with Crippen LogP contribution in [0.15, 0.2) is 36.5 Å². The molecule has 3 aromatic rings. The summed E-state index contributed by atoms with van der Waals surface area (Å²) in [5.74, 6) is -2.20. The van der Waals surface area contributed by atoms with Crippen molar-refractivity contribution in [1.82, 2.24) is 14.9 Å². The van der Waals surface area contributed by atoms with Crippen LogP contribution in [0.3, 0.4) is 0 Å². The number of ether oxygens (including phenoxy) is 1. The molecule has 0 aliphatic carbocycles. The van der Waals surface area contributed by atoms with Crippen molar-refractivity contribution < 1.29 is 23.1 Å². The van der Waals surface area contributed by atoms with Gasteiger partial charge >= 0.3 is 0 Å². The maximum absolute atomic E-state index is 13.8. The average molecular weight is 402 g/mol. The van der Waals surface area contributed by atoms with Crippen molar-refractivity contribution in [2.45, 2.75) is 32.9 Å². The van der Waals surface area contributed by atoms with Crippen LogP contribution < -0.4 is 15.8 Å². The number of halogens is 2. The molecule has 152 valence electrons. The molecule has 2 aromatic heterocycles. The van der Waals surface area contributed by atoms with Crippen molar-refractivity contribution in [3.63, 3.8) is 0 Å². The minimum absolute atomic E-state index is 0.119. The number of nitrogens with two attached hydrogens (primary N) is 1. The molecule has 2 heterocycles. The third-order valence-electron chi connectivity index (χ3n) is 4.46. The van der Waals surface area contributed by atoms with Gasteiger partial charge in [-0.15, -0.1) is 0 Å². The van der Waals surface area contributed by atoms with Crippen molar-refractivity contribution in [2.24, 2.45) is 5.73 Å². The zero-order chi connectivity index (χ0) is 21.3. The summed E-state index contributed by atoms with van der Waals surface area (Å²) < 4.78 is 33.9. The molecular weight excluding hydrogens is 382 g/mol. The smallest absolute Gasteiger partial charge is 0.256 e. The average Bonchev–Trinajstić information content (AvgIpc) is 2.95. The van der Waals surface area contributed by atoms with Gasteiger partial charge in [0.15, 0.2) is 0 Å². The number of nitrogens with zero attached hydrogens (tertiary/aromatic N) is 2. The Kier molecular flexibility index (Phi) is 5.23. The Morgan fingerprint density at radius 3 is 2.62 bits per heavy atom. The van der Waals surface area contributed by atoms with E-state index in [4.69, 9.17) is 10.5 Å². The van der Waals surface area contributed by atoms with Gasteiger partial charge in [0.25, 0.3) is 5.91 Å². The first kappa shape index (κ1) is 20.2. The van der Waals surface area contributed by atoms with Gasteiger partial charge in [0.1, 0.15) is 29.5 Å². The molecule has 2 amide bonds. The predicted octanol–water partition coefficient (Wildman–Crippen LogP) is 2.49. The summed E-state index contributed by atoms with van der Waals surface area (Å²) in [6.45, 7) is 4.54. The molecular formula is C20H20F2N4O3. The van der Waals surface area contributed by atoms with Crippen molar-refractivity contribution in [1.29, 1.82) is 0 Å². The number of aryl methyl sites for hydroxylation is 1. The topological polar surface area (TPSA) is 98.7 Å². The second-order valence-corrected chi connectivity index (χ2v) is 7.12. The molecule has 1 aromatic carbocycles.